The van der Waals surface area contributed by atoms with Gasteiger partial charge in [0.1, 0.15) is 24.1 Å². The van der Waals surface area contributed by atoms with Crippen molar-refractivity contribution >= 4 is 66.3 Å². The minimum Gasteiger partial charge on any atom is -0.748 e. The van der Waals surface area contributed by atoms with Crippen molar-refractivity contribution in [3.05, 3.63) is 159 Å². The molecule has 9 rings (SSSR count). The second kappa shape index (κ2) is 25.1. The number of carbonyl (C=O) groups excluding carboxylic acids is 1. The molecule has 3 atom stereocenters. The van der Waals surface area contributed by atoms with Crippen LogP contribution in [0.15, 0.2) is 131 Å². The number of unbranched alkanes of at least 4 members (excludes halogenated alkanes) is 2. The van der Waals surface area contributed by atoms with Crippen LogP contribution in [-0.2, 0) is 43.4 Å². The fourth-order valence-electron chi connectivity index (χ4n) is 12.3. The third kappa shape index (κ3) is 14.5. The highest BCUT2D eigenvalue weighted by Crippen LogP contribution is 2.49. The van der Waals surface area contributed by atoms with E-state index in [0.717, 1.165) is 60.2 Å². The fraction of sp³-hybridized carbons (Fsp3) is 0.426. The maximum absolute atomic E-state index is 13.5. The molecule has 5 aromatic rings. The van der Waals surface area contributed by atoms with Gasteiger partial charge < -0.3 is 35.7 Å². The van der Waals surface area contributed by atoms with Crippen molar-refractivity contribution in [2.24, 2.45) is 11.3 Å². The number of aliphatic carboxylic acids is 1. The van der Waals surface area contributed by atoms with Crippen molar-refractivity contribution in [2.75, 3.05) is 40.5 Å². The van der Waals surface area contributed by atoms with Crippen molar-refractivity contribution in [1.29, 1.82) is 0 Å². The monoisotopic (exact) mass is 1170 g/mol. The Kier molecular flexibility index (Phi) is 18.2. The van der Waals surface area contributed by atoms with Gasteiger partial charge in [-0.1, -0.05) is 56.7 Å². The first-order chi connectivity index (χ1) is 39.4. The number of H-pyrrole nitrogens is 1. The zero-order valence-electron chi connectivity index (χ0n) is 47.3. The maximum Gasteiger partial charge on any atom is 0.326 e. The van der Waals surface area contributed by atoms with Crippen LogP contribution in [0.1, 0.15) is 126 Å². The molecule has 20 nitrogen and oxygen atoms in total. The number of fused-ring (bicyclic) bond motifs is 3. The molecule has 4 heterocycles. The molecular formula is C61H73N9O11S2. The number of ether oxygens (including phenoxy) is 1. The van der Waals surface area contributed by atoms with Gasteiger partial charge in [0.25, 0.3) is 21.6 Å². The highest BCUT2D eigenvalue weighted by Gasteiger charge is 2.54. The van der Waals surface area contributed by atoms with Crippen molar-refractivity contribution in [3.8, 4) is 5.75 Å². The number of benzene rings is 3. The largest absolute Gasteiger partial charge is 0.748 e. The van der Waals surface area contributed by atoms with E-state index in [1.807, 2.05) is 12.1 Å². The first kappa shape index (κ1) is 60.1. The molecule has 440 valence electrons. The van der Waals surface area contributed by atoms with Crippen LogP contribution in [0.25, 0.3) is 11.2 Å². The lowest BCUT2D eigenvalue weighted by molar-refractivity contribution is -0.566. The molecule has 0 bridgehead atoms. The molecule has 4 aliphatic rings. The molecule has 1 amide bonds. The summed E-state index contributed by atoms with van der Waals surface area (Å²) in [6.07, 6.45) is 18.4. The lowest BCUT2D eigenvalue weighted by Crippen LogP contribution is -2.42. The number of aromatic nitrogens is 4. The van der Waals surface area contributed by atoms with Crippen LogP contribution in [0.2, 0.25) is 0 Å². The Balaban J connectivity index is 0.968. The van der Waals surface area contributed by atoms with E-state index in [1.54, 1.807) is 48.5 Å². The minimum absolute atomic E-state index is 0.0157. The smallest absolute Gasteiger partial charge is 0.326 e. The van der Waals surface area contributed by atoms with Crippen molar-refractivity contribution in [3.63, 3.8) is 0 Å². The average Bonchev–Trinajstić information content (AvgIpc) is 3.28. The van der Waals surface area contributed by atoms with Gasteiger partial charge in [-0.15, -0.1) is 0 Å². The molecule has 1 fully saturated rings. The van der Waals surface area contributed by atoms with Gasteiger partial charge in [0.05, 0.1) is 39.7 Å². The van der Waals surface area contributed by atoms with E-state index in [2.05, 4.69) is 104 Å². The SMILES string of the molecule is CC1(C)/C(=C\C=C2/CCCC(/C=C/C3=[N+](CCCCS(=O)(=O)[O-])C4CCCCC4C3(C)C)=C2Oc2ccc(C[C@H](NC(=O)c3ccc(NCc4cnc5nc(N)[nH]c(=O)c5n4)cc3)C(=O)O)cc2)N(CCCCS(=O)(=O)O)c2ccccc21. The minimum atomic E-state index is -4.33. The molecule has 2 aromatic heterocycles. The van der Waals surface area contributed by atoms with Gasteiger partial charge in [0.2, 0.25) is 5.95 Å². The van der Waals surface area contributed by atoms with Crippen molar-refractivity contribution < 1.29 is 49.9 Å². The van der Waals surface area contributed by atoms with Gasteiger partial charge in [-0.3, -0.25) is 19.1 Å². The van der Waals surface area contributed by atoms with Gasteiger partial charge in [0.15, 0.2) is 22.9 Å². The number of carboxylic acid groups (broad SMARTS) is 1. The van der Waals surface area contributed by atoms with Gasteiger partial charge >= 0.3 is 5.97 Å². The number of carbonyl (C=O) groups is 2. The van der Waals surface area contributed by atoms with Crippen LogP contribution >= 0.6 is 0 Å². The van der Waals surface area contributed by atoms with Gasteiger partial charge in [-0.2, -0.15) is 13.4 Å². The summed E-state index contributed by atoms with van der Waals surface area (Å²) in [6, 6.07) is 20.9. The molecule has 0 spiro atoms. The second-order valence-electron chi connectivity index (χ2n) is 23.0. The Hall–Kier alpha value is -7.53. The van der Waals surface area contributed by atoms with Gasteiger partial charge in [0, 0.05) is 71.6 Å². The number of hydrogen-bond donors (Lipinski definition) is 6. The molecule has 2 aliphatic carbocycles. The number of para-hydroxylation sites is 1. The summed E-state index contributed by atoms with van der Waals surface area (Å²) in [7, 11) is -8.43. The van der Waals surface area contributed by atoms with E-state index in [0.29, 0.717) is 92.0 Å². The molecule has 7 N–H and O–H groups in total. The lowest BCUT2D eigenvalue weighted by atomic mass is 9.69. The standard InChI is InChI=1S/C61H73N9O11S2/c1-60(2)46-16-5-7-18-49(46)69(32-9-11-34-82(75,76)77)51(60)30-24-40-14-13-15-41(25-31-52-61(3,4)47-17-6-8-19-50(47)70(52)33-10-12-35-83(78,79)80)54(40)81-45-28-20-39(21-29-45)36-48(58(73)74)66-56(71)42-22-26-43(27-23-42)63-37-44-38-64-55-53(65-44)57(72)68-59(62)67-55/h5,7,16,18,20-31,38,47-48,50H,6,8-15,17,19,32-37H2,1-4H3,(H7-,62,63,64,66,67,68,71,72,73,74,75,76,77,78,79,80)/t47?,48-,50?/m0/s1. The summed E-state index contributed by atoms with van der Waals surface area (Å²) in [4.78, 5) is 55.6. The van der Waals surface area contributed by atoms with E-state index >= 15 is 0 Å². The quantitative estimate of drug-likeness (QED) is 0.0203. The number of rotatable bonds is 23. The third-order valence-electron chi connectivity index (χ3n) is 16.6. The Morgan fingerprint density at radius 3 is 2.39 bits per heavy atom. The summed E-state index contributed by atoms with van der Waals surface area (Å²) >= 11 is 0. The van der Waals surface area contributed by atoms with Crippen LogP contribution in [0.5, 0.6) is 5.75 Å². The molecule has 2 aliphatic heterocycles. The molecule has 22 heteroatoms. The number of nitrogens with one attached hydrogen (secondary N) is 3. The van der Waals surface area contributed by atoms with Crippen LogP contribution in [0.3, 0.4) is 0 Å². The summed E-state index contributed by atoms with van der Waals surface area (Å²) in [5.74, 6) is -0.937. The number of aromatic amines is 1. The molecule has 0 radical (unpaired) electrons. The zero-order chi connectivity index (χ0) is 59.3. The highest BCUT2D eigenvalue weighted by molar-refractivity contribution is 7.85. The number of carboxylic acids is 1. The Morgan fingerprint density at radius 1 is 0.916 bits per heavy atom. The number of allylic oxidation sites excluding steroid dienone is 7. The number of nitrogens with zero attached hydrogens (tertiary/aromatic N) is 5. The van der Waals surface area contributed by atoms with Crippen LogP contribution in [-0.4, -0.2) is 110 Å². The van der Waals surface area contributed by atoms with E-state index in [1.165, 1.54) is 11.9 Å². The highest BCUT2D eigenvalue weighted by atomic mass is 32.2. The Morgan fingerprint density at radius 2 is 1.65 bits per heavy atom. The van der Waals surface area contributed by atoms with E-state index in [4.69, 9.17) is 10.5 Å². The molecule has 0 saturated heterocycles. The first-order valence-corrected chi connectivity index (χ1v) is 31.5. The number of hydrogen-bond acceptors (Lipinski definition) is 15. The van der Waals surface area contributed by atoms with Crippen LogP contribution in [0, 0.1) is 11.3 Å². The topological polar surface area (TPSA) is 303 Å². The second-order valence-corrected chi connectivity index (χ2v) is 26.1. The molecule has 2 unspecified atom stereocenters. The Labute approximate surface area is 484 Å². The predicted molar refractivity (Wildman–Crippen MR) is 318 cm³/mol. The van der Waals surface area contributed by atoms with Crippen LogP contribution in [0.4, 0.5) is 17.3 Å². The fourth-order valence-corrected chi connectivity index (χ4v) is 13.5. The summed E-state index contributed by atoms with van der Waals surface area (Å²) in [6.45, 7) is 10.3. The number of nitrogens with two attached hydrogens (primary N) is 1. The number of anilines is 3. The van der Waals surface area contributed by atoms with Gasteiger partial charge in [-0.05, 0) is 142 Å². The maximum atomic E-state index is 13.5. The Bertz CT molecular complexity index is 3720. The third-order valence-corrected chi connectivity index (χ3v) is 18.1. The predicted octanol–water partition coefficient (Wildman–Crippen LogP) is 8.36. The normalized spacial score (nSPS) is 20.0. The van der Waals surface area contributed by atoms with E-state index in [-0.39, 0.29) is 52.6 Å². The van der Waals surface area contributed by atoms with Crippen LogP contribution < -0.4 is 31.6 Å². The molecular weight excluding hydrogens is 1100 g/mol. The van der Waals surface area contributed by atoms with Crippen molar-refractivity contribution in [2.45, 2.75) is 129 Å². The molecule has 83 heavy (non-hydrogen) atoms. The van der Waals surface area contributed by atoms with Crippen molar-refractivity contribution in [1.82, 2.24) is 25.3 Å². The lowest BCUT2D eigenvalue weighted by Gasteiger charge is -2.30. The first-order valence-electron chi connectivity index (χ1n) is 28.3. The molecule has 3 aromatic carbocycles. The van der Waals surface area contributed by atoms with E-state index < -0.39 is 49.1 Å². The number of amides is 1. The van der Waals surface area contributed by atoms with E-state index in [9.17, 15) is 45.4 Å². The average molecular weight is 1170 g/mol. The zero-order valence-corrected chi connectivity index (χ0v) is 48.9. The summed E-state index contributed by atoms with van der Waals surface area (Å²) < 4.78 is 76.8. The van der Waals surface area contributed by atoms with Gasteiger partial charge in [-0.25, -0.2) is 27.8 Å². The molecule has 1 saturated carbocycles. The number of nitrogen functional groups attached to an aromatic ring is 1. The summed E-state index contributed by atoms with van der Waals surface area (Å²) in [5, 5.41) is 16.2. The summed E-state index contributed by atoms with van der Waals surface area (Å²) in [5.41, 5.74) is 13.0.